The van der Waals surface area contributed by atoms with E-state index in [0.717, 1.165) is 24.3 Å². The van der Waals surface area contributed by atoms with E-state index in [-0.39, 0.29) is 12.1 Å². The zero-order valence-electron chi connectivity index (χ0n) is 13.6. The van der Waals surface area contributed by atoms with Gasteiger partial charge in [0.25, 0.3) is 0 Å². The van der Waals surface area contributed by atoms with Crippen LogP contribution in [0.3, 0.4) is 0 Å². The third kappa shape index (κ3) is 5.68. The van der Waals surface area contributed by atoms with Crippen molar-refractivity contribution in [2.75, 3.05) is 19.0 Å². The van der Waals surface area contributed by atoms with E-state index in [2.05, 4.69) is 14.7 Å². The normalized spacial score (nSPS) is 12.2. The number of sulfonamides is 1. The number of rotatable bonds is 6. The third-order valence-corrected chi connectivity index (χ3v) is 4.53. The van der Waals surface area contributed by atoms with Crippen LogP contribution in [0.1, 0.15) is 17.0 Å². The van der Waals surface area contributed by atoms with E-state index < -0.39 is 27.5 Å². The number of anilines is 1. The Balaban J connectivity index is 2.01. The van der Waals surface area contributed by atoms with Crippen LogP contribution in [0, 0.1) is 0 Å². The SMILES string of the molecule is CN(C)c1ccnc(CNS(=O)(=O)Cc2ccc(C(F)(F)F)cc2)n1. The van der Waals surface area contributed by atoms with E-state index in [1.807, 2.05) is 0 Å². The first kappa shape index (κ1) is 19.1. The average Bonchev–Trinajstić information content (AvgIpc) is 2.52. The lowest BCUT2D eigenvalue weighted by Crippen LogP contribution is -2.26. The average molecular weight is 374 g/mol. The predicted octanol–water partition coefficient (Wildman–Crippen LogP) is 2.18. The smallest absolute Gasteiger partial charge is 0.363 e. The van der Waals surface area contributed by atoms with E-state index in [1.54, 1.807) is 25.1 Å². The Morgan fingerprint density at radius 3 is 2.32 bits per heavy atom. The molecule has 0 saturated heterocycles. The fraction of sp³-hybridized carbons (Fsp3) is 0.333. The van der Waals surface area contributed by atoms with Gasteiger partial charge in [-0.15, -0.1) is 0 Å². The van der Waals surface area contributed by atoms with Crippen molar-refractivity contribution in [2.24, 2.45) is 0 Å². The molecular weight excluding hydrogens is 357 g/mol. The molecule has 6 nitrogen and oxygen atoms in total. The van der Waals surface area contributed by atoms with Crippen LogP contribution in [0.2, 0.25) is 0 Å². The zero-order chi connectivity index (χ0) is 18.7. The Labute approximate surface area is 143 Å². The molecule has 0 radical (unpaired) electrons. The van der Waals surface area contributed by atoms with Gasteiger partial charge in [-0.05, 0) is 23.8 Å². The van der Waals surface area contributed by atoms with Crippen LogP contribution in [-0.4, -0.2) is 32.5 Å². The van der Waals surface area contributed by atoms with Crippen LogP contribution in [0.15, 0.2) is 36.5 Å². The van der Waals surface area contributed by atoms with Crippen molar-refractivity contribution in [1.29, 1.82) is 0 Å². The molecule has 25 heavy (non-hydrogen) atoms. The summed E-state index contributed by atoms with van der Waals surface area (Å²) >= 11 is 0. The summed E-state index contributed by atoms with van der Waals surface area (Å²) in [5.74, 6) is 0.493. The largest absolute Gasteiger partial charge is 0.416 e. The van der Waals surface area contributed by atoms with Gasteiger partial charge in [-0.1, -0.05) is 12.1 Å². The van der Waals surface area contributed by atoms with Crippen LogP contribution in [-0.2, 0) is 28.5 Å². The summed E-state index contributed by atoms with van der Waals surface area (Å²) in [5.41, 5.74) is -0.570. The van der Waals surface area contributed by atoms with E-state index in [9.17, 15) is 21.6 Å². The predicted molar refractivity (Wildman–Crippen MR) is 87.3 cm³/mol. The maximum atomic E-state index is 12.5. The molecule has 0 aliphatic heterocycles. The van der Waals surface area contributed by atoms with Crippen LogP contribution >= 0.6 is 0 Å². The number of nitrogens with zero attached hydrogens (tertiary/aromatic N) is 3. The van der Waals surface area contributed by atoms with Crippen molar-refractivity contribution in [2.45, 2.75) is 18.5 Å². The highest BCUT2D eigenvalue weighted by atomic mass is 32.2. The number of alkyl halides is 3. The topological polar surface area (TPSA) is 75.2 Å². The fourth-order valence-corrected chi connectivity index (χ4v) is 3.04. The number of aromatic nitrogens is 2. The second-order valence-electron chi connectivity index (χ2n) is 5.50. The minimum absolute atomic E-state index is 0.106. The molecule has 0 aliphatic carbocycles. The van der Waals surface area contributed by atoms with Crippen LogP contribution in [0.5, 0.6) is 0 Å². The molecule has 2 rings (SSSR count). The lowest BCUT2D eigenvalue weighted by atomic mass is 10.1. The minimum Gasteiger partial charge on any atom is -0.363 e. The number of halogens is 3. The van der Waals surface area contributed by atoms with Crippen LogP contribution in [0.25, 0.3) is 0 Å². The first-order valence-corrected chi connectivity index (χ1v) is 8.85. The van der Waals surface area contributed by atoms with Crippen molar-refractivity contribution in [3.05, 3.63) is 53.5 Å². The Hall–Kier alpha value is -2.20. The molecule has 0 aliphatic rings. The van der Waals surface area contributed by atoms with Gasteiger partial charge < -0.3 is 4.90 Å². The van der Waals surface area contributed by atoms with Crippen molar-refractivity contribution >= 4 is 15.8 Å². The fourth-order valence-electron chi connectivity index (χ4n) is 1.96. The highest BCUT2D eigenvalue weighted by Gasteiger charge is 2.30. The lowest BCUT2D eigenvalue weighted by Gasteiger charge is -2.12. The van der Waals surface area contributed by atoms with Gasteiger partial charge in [-0.25, -0.2) is 23.1 Å². The highest BCUT2D eigenvalue weighted by molar-refractivity contribution is 7.88. The van der Waals surface area contributed by atoms with Gasteiger partial charge >= 0.3 is 6.18 Å². The molecule has 0 atom stereocenters. The molecule has 0 spiro atoms. The second kappa shape index (κ2) is 7.36. The molecule has 1 aromatic heterocycles. The molecule has 0 bridgehead atoms. The summed E-state index contributed by atoms with van der Waals surface area (Å²) < 4.78 is 64.0. The van der Waals surface area contributed by atoms with Crippen molar-refractivity contribution in [1.82, 2.24) is 14.7 Å². The Kier molecular flexibility index (Phi) is 5.63. The molecular formula is C15H17F3N4O2S. The Bertz CT molecular complexity index is 821. The van der Waals surface area contributed by atoms with Gasteiger partial charge in [0.2, 0.25) is 10.0 Å². The molecule has 0 fully saturated rings. The van der Waals surface area contributed by atoms with Crippen molar-refractivity contribution < 1.29 is 21.6 Å². The van der Waals surface area contributed by atoms with Gasteiger partial charge in [-0.3, -0.25) is 0 Å². The van der Waals surface area contributed by atoms with Gasteiger partial charge in [0.05, 0.1) is 17.9 Å². The van der Waals surface area contributed by atoms with Gasteiger partial charge in [0.15, 0.2) is 0 Å². The lowest BCUT2D eigenvalue weighted by molar-refractivity contribution is -0.137. The third-order valence-electron chi connectivity index (χ3n) is 3.24. The van der Waals surface area contributed by atoms with Gasteiger partial charge in [-0.2, -0.15) is 13.2 Å². The summed E-state index contributed by atoms with van der Waals surface area (Å²) in [4.78, 5) is 9.92. The Morgan fingerprint density at radius 2 is 1.76 bits per heavy atom. The standard InChI is InChI=1S/C15H17F3N4O2S/c1-22(2)14-7-8-19-13(21-14)9-20-25(23,24)10-11-3-5-12(6-4-11)15(16,17)18/h3-8,20H,9-10H2,1-2H3. The second-order valence-corrected chi connectivity index (χ2v) is 7.31. The number of benzene rings is 1. The van der Waals surface area contributed by atoms with E-state index >= 15 is 0 Å². The molecule has 0 unspecified atom stereocenters. The van der Waals surface area contributed by atoms with Crippen LogP contribution < -0.4 is 9.62 Å². The zero-order valence-corrected chi connectivity index (χ0v) is 14.4. The molecule has 2 aromatic rings. The first-order chi connectivity index (χ1) is 11.6. The molecule has 10 heteroatoms. The maximum Gasteiger partial charge on any atom is 0.416 e. The van der Waals surface area contributed by atoms with E-state index in [4.69, 9.17) is 0 Å². The highest BCUT2D eigenvalue weighted by Crippen LogP contribution is 2.29. The summed E-state index contributed by atoms with van der Waals surface area (Å²) in [6, 6.07) is 5.68. The summed E-state index contributed by atoms with van der Waals surface area (Å²) in [6.07, 6.45) is -2.94. The van der Waals surface area contributed by atoms with E-state index in [0.29, 0.717) is 11.6 Å². The molecule has 0 amide bonds. The number of hydrogen-bond acceptors (Lipinski definition) is 5. The molecule has 1 heterocycles. The number of hydrogen-bond donors (Lipinski definition) is 1. The Morgan fingerprint density at radius 1 is 1.12 bits per heavy atom. The van der Waals surface area contributed by atoms with Crippen molar-refractivity contribution in [3.8, 4) is 0 Å². The number of nitrogens with one attached hydrogen (secondary N) is 1. The minimum atomic E-state index is -4.45. The van der Waals surface area contributed by atoms with Crippen LogP contribution in [0.4, 0.5) is 19.0 Å². The van der Waals surface area contributed by atoms with Crippen molar-refractivity contribution in [3.63, 3.8) is 0 Å². The summed E-state index contributed by atoms with van der Waals surface area (Å²) in [6.45, 7) is -0.106. The van der Waals surface area contributed by atoms with E-state index in [1.165, 1.54) is 6.20 Å². The molecule has 0 saturated carbocycles. The molecule has 1 aromatic carbocycles. The quantitative estimate of drug-likeness (QED) is 0.839. The monoisotopic (exact) mass is 374 g/mol. The molecule has 136 valence electrons. The molecule has 1 N–H and O–H groups in total. The first-order valence-electron chi connectivity index (χ1n) is 7.19. The van der Waals surface area contributed by atoms with Gasteiger partial charge in [0.1, 0.15) is 11.6 Å². The maximum absolute atomic E-state index is 12.5. The summed E-state index contributed by atoms with van der Waals surface area (Å²) in [5, 5.41) is 0. The summed E-state index contributed by atoms with van der Waals surface area (Å²) in [7, 11) is -0.154. The van der Waals surface area contributed by atoms with Gasteiger partial charge in [0, 0.05) is 20.3 Å².